The second kappa shape index (κ2) is 7.09. The lowest BCUT2D eigenvalue weighted by Crippen LogP contribution is -2.32. The number of amides is 1. The lowest BCUT2D eigenvalue weighted by Gasteiger charge is -2.21. The molecule has 118 valence electrons. The first-order valence-corrected chi connectivity index (χ1v) is 7.37. The maximum Gasteiger partial charge on any atom is 0.238 e. The molecule has 0 aliphatic rings. The molecule has 22 heavy (non-hydrogen) atoms. The quantitative estimate of drug-likeness (QED) is 0.902. The molecule has 1 atom stereocenters. The summed E-state index contributed by atoms with van der Waals surface area (Å²) in [5.74, 6) is 0.793. The molecule has 0 saturated carbocycles. The fourth-order valence-electron chi connectivity index (χ4n) is 1.81. The standard InChI is InChI=1S/C14H16Cl2N4O2/c1-8(14-19-18-9(2)22-14)20(3)7-13(21)17-10-4-5-11(15)12(16)6-10/h4-6,8H,7H2,1-3H3,(H,17,21)/t8-/m0/s1. The third-order valence-corrected chi connectivity index (χ3v) is 3.90. The molecule has 0 spiro atoms. The third kappa shape index (κ3) is 4.19. The van der Waals surface area contributed by atoms with Gasteiger partial charge in [-0.25, -0.2) is 0 Å². The number of aryl methyl sites for hydroxylation is 1. The summed E-state index contributed by atoms with van der Waals surface area (Å²) in [6.45, 7) is 3.78. The van der Waals surface area contributed by atoms with E-state index in [-0.39, 0.29) is 18.5 Å². The zero-order valence-corrected chi connectivity index (χ0v) is 13.9. The van der Waals surface area contributed by atoms with Crippen LogP contribution in [0.3, 0.4) is 0 Å². The van der Waals surface area contributed by atoms with Crippen molar-refractivity contribution in [3.05, 3.63) is 40.0 Å². The first-order valence-electron chi connectivity index (χ1n) is 6.62. The summed E-state index contributed by atoms with van der Waals surface area (Å²) in [7, 11) is 1.80. The van der Waals surface area contributed by atoms with Gasteiger partial charge in [-0.1, -0.05) is 23.2 Å². The second-order valence-electron chi connectivity index (χ2n) is 4.93. The average Bonchev–Trinajstić information content (AvgIpc) is 2.88. The van der Waals surface area contributed by atoms with E-state index in [0.29, 0.717) is 27.5 Å². The van der Waals surface area contributed by atoms with E-state index in [2.05, 4.69) is 15.5 Å². The Balaban J connectivity index is 1.94. The summed E-state index contributed by atoms with van der Waals surface area (Å²) in [6, 6.07) is 4.76. The van der Waals surface area contributed by atoms with E-state index >= 15 is 0 Å². The molecule has 0 bridgehead atoms. The molecule has 0 fully saturated rings. The van der Waals surface area contributed by atoms with Crippen molar-refractivity contribution in [1.29, 1.82) is 0 Å². The number of nitrogens with zero attached hydrogens (tertiary/aromatic N) is 3. The molecule has 6 nitrogen and oxygen atoms in total. The molecule has 1 aromatic carbocycles. The van der Waals surface area contributed by atoms with Crippen LogP contribution in [0.4, 0.5) is 5.69 Å². The van der Waals surface area contributed by atoms with E-state index < -0.39 is 0 Å². The van der Waals surface area contributed by atoms with E-state index in [0.717, 1.165) is 0 Å². The van der Waals surface area contributed by atoms with Gasteiger partial charge in [-0.05, 0) is 32.2 Å². The highest BCUT2D eigenvalue weighted by molar-refractivity contribution is 6.42. The van der Waals surface area contributed by atoms with Crippen LogP contribution in [0.5, 0.6) is 0 Å². The molecule has 0 saturated heterocycles. The number of likely N-dealkylation sites (N-methyl/N-ethyl adjacent to an activating group) is 1. The summed E-state index contributed by atoms with van der Waals surface area (Å²) in [5.41, 5.74) is 0.592. The second-order valence-corrected chi connectivity index (χ2v) is 5.74. The Labute approximate surface area is 138 Å². The Morgan fingerprint density at radius 3 is 2.68 bits per heavy atom. The van der Waals surface area contributed by atoms with Gasteiger partial charge >= 0.3 is 0 Å². The van der Waals surface area contributed by atoms with E-state index in [1.54, 1.807) is 37.1 Å². The van der Waals surface area contributed by atoms with Gasteiger partial charge in [-0.15, -0.1) is 10.2 Å². The molecule has 8 heteroatoms. The van der Waals surface area contributed by atoms with Crippen LogP contribution < -0.4 is 5.32 Å². The zero-order valence-electron chi connectivity index (χ0n) is 12.4. The van der Waals surface area contributed by atoms with Crippen LogP contribution in [-0.4, -0.2) is 34.6 Å². The number of benzene rings is 1. The molecule has 1 heterocycles. The number of rotatable bonds is 5. The highest BCUT2D eigenvalue weighted by atomic mass is 35.5. The topological polar surface area (TPSA) is 71.3 Å². The van der Waals surface area contributed by atoms with Gasteiger partial charge < -0.3 is 9.73 Å². The van der Waals surface area contributed by atoms with Crippen LogP contribution in [0.2, 0.25) is 10.0 Å². The van der Waals surface area contributed by atoms with Gasteiger partial charge in [0, 0.05) is 12.6 Å². The van der Waals surface area contributed by atoms with Crippen molar-refractivity contribution in [3.63, 3.8) is 0 Å². The molecule has 0 unspecified atom stereocenters. The van der Waals surface area contributed by atoms with Crippen LogP contribution in [0, 0.1) is 6.92 Å². The molecule has 1 aromatic heterocycles. The van der Waals surface area contributed by atoms with E-state index in [1.165, 1.54) is 0 Å². The van der Waals surface area contributed by atoms with Crippen LogP contribution in [-0.2, 0) is 4.79 Å². The minimum absolute atomic E-state index is 0.166. The van der Waals surface area contributed by atoms with Gasteiger partial charge in [0.15, 0.2) is 0 Å². The van der Waals surface area contributed by atoms with Crippen molar-refractivity contribution in [2.24, 2.45) is 0 Å². The van der Waals surface area contributed by atoms with Crippen LogP contribution in [0.15, 0.2) is 22.6 Å². The van der Waals surface area contributed by atoms with Crippen molar-refractivity contribution < 1.29 is 9.21 Å². The fourth-order valence-corrected chi connectivity index (χ4v) is 2.11. The Morgan fingerprint density at radius 2 is 2.09 bits per heavy atom. The molecule has 0 aliphatic heterocycles. The Kier molecular flexibility index (Phi) is 5.39. The number of aromatic nitrogens is 2. The monoisotopic (exact) mass is 342 g/mol. The van der Waals surface area contributed by atoms with Gasteiger partial charge in [0.1, 0.15) is 0 Å². The van der Waals surface area contributed by atoms with Crippen LogP contribution in [0.25, 0.3) is 0 Å². The van der Waals surface area contributed by atoms with Gasteiger partial charge in [0.2, 0.25) is 17.7 Å². The Hall–Kier alpha value is -1.63. The molecular formula is C14H16Cl2N4O2. The highest BCUT2D eigenvalue weighted by Gasteiger charge is 2.19. The number of nitrogens with one attached hydrogen (secondary N) is 1. The first kappa shape index (κ1) is 16.7. The predicted octanol–water partition coefficient (Wildman–Crippen LogP) is 3.32. The van der Waals surface area contributed by atoms with Gasteiger partial charge in [-0.3, -0.25) is 9.69 Å². The molecule has 0 radical (unpaired) electrons. The predicted molar refractivity (Wildman–Crippen MR) is 85.2 cm³/mol. The SMILES string of the molecule is Cc1nnc([C@H](C)N(C)CC(=O)Nc2ccc(Cl)c(Cl)c2)o1. The largest absolute Gasteiger partial charge is 0.424 e. The molecule has 0 aliphatic carbocycles. The summed E-state index contributed by atoms with van der Waals surface area (Å²) in [6.07, 6.45) is 0. The van der Waals surface area contributed by atoms with Crippen molar-refractivity contribution in [3.8, 4) is 0 Å². The molecule has 2 aromatic rings. The highest BCUT2D eigenvalue weighted by Crippen LogP contribution is 2.25. The van der Waals surface area contributed by atoms with Crippen molar-refractivity contribution in [1.82, 2.24) is 15.1 Å². The molecule has 1 N–H and O–H groups in total. The van der Waals surface area contributed by atoms with E-state index in [4.69, 9.17) is 27.6 Å². The lowest BCUT2D eigenvalue weighted by atomic mass is 10.3. The molecule has 1 amide bonds. The fraction of sp³-hybridized carbons (Fsp3) is 0.357. The van der Waals surface area contributed by atoms with Crippen molar-refractivity contribution in [2.75, 3.05) is 18.9 Å². The normalized spacial score (nSPS) is 12.5. The smallest absolute Gasteiger partial charge is 0.238 e. The van der Waals surface area contributed by atoms with Crippen LogP contribution in [0.1, 0.15) is 24.7 Å². The van der Waals surface area contributed by atoms with Gasteiger partial charge in [0.25, 0.3) is 0 Å². The summed E-state index contributed by atoms with van der Waals surface area (Å²) in [5, 5.41) is 11.3. The van der Waals surface area contributed by atoms with E-state index in [1.807, 2.05) is 6.92 Å². The molecule has 2 rings (SSSR count). The number of carbonyl (C=O) groups is 1. The van der Waals surface area contributed by atoms with Crippen molar-refractivity contribution in [2.45, 2.75) is 19.9 Å². The number of anilines is 1. The molecular weight excluding hydrogens is 327 g/mol. The first-order chi connectivity index (χ1) is 10.4. The maximum absolute atomic E-state index is 12.1. The van der Waals surface area contributed by atoms with E-state index in [9.17, 15) is 4.79 Å². The number of carbonyl (C=O) groups excluding carboxylic acids is 1. The average molecular weight is 343 g/mol. The number of hydrogen-bond donors (Lipinski definition) is 1. The summed E-state index contributed by atoms with van der Waals surface area (Å²) < 4.78 is 5.37. The minimum atomic E-state index is -0.177. The maximum atomic E-state index is 12.1. The zero-order chi connectivity index (χ0) is 16.3. The number of halogens is 2. The third-order valence-electron chi connectivity index (χ3n) is 3.16. The summed E-state index contributed by atoms with van der Waals surface area (Å²) >= 11 is 11.8. The van der Waals surface area contributed by atoms with Crippen LogP contribution >= 0.6 is 23.2 Å². The summed E-state index contributed by atoms with van der Waals surface area (Å²) in [4.78, 5) is 13.9. The Bertz CT molecular complexity index is 675. The van der Waals surface area contributed by atoms with Gasteiger partial charge in [0.05, 0.1) is 22.6 Å². The van der Waals surface area contributed by atoms with Crippen molar-refractivity contribution >= 4 is 34.8 Å². The van der Waals surface area contributed by atoms with Gasteiger partial charge in [-0.2, -0.15) is 0 Å². The number of hydrogen-bond acceptors (Lipinski definition) is 5. The minimum Gasteiger partial charge on any atom is -0.424 e. The Morgan fingerprint density at radius 1 is 1.36 bits per heavy atom. The lowest BCUT2D eigenvalue weighted by molar-refractivity contribution is -0.117.